The Morgan fingerprint density at radius 3 is 2.71 bits per heavy atom. The van der Waals surface area contributed by atoms with Crippen LogP contribution in [0.3, 0.4) is 0 Å². The molecule has 2 aromatic carbocycles. The maximum atomic E-state index is 12.2. The predicted molar refractivity (Wildman–Crippen MR) is 96.6 cm³/mol. The summed E-state index contributed by atoms with van der Waals surface area (Å²) in [5, 5.41) is 9.87. The zero-order chi connectivity index (χ0) is 17.1. The second-order valence-electron chi connectivity index (χ2n) is 5.18. The SMILES string of the molecule is COc1cc(/C=C2\COC(c3ccccc3)OC2=O)cc(I)c1O. The number of phenolic OH excluding ortho intramolecular Hbond substituents is 1. The molecule has 24 heavy (non-hydrogen) atoms. The third-order valence-corrected chi connectivity index (χ3v) is 4.37. The number of hydrogen-bond acceptors (Lipinski definition) is 5. The van der Waals surface area contributed by atoms with E-state index < -0.39 is 12.3 Å². The fourth-order valence-electron chi connectivity index (χ4n) is 2.34. The van der Waals surface area contributed by atoms with Gasteiger partial charge in [0.1, 0.15) is 0 Å². The smallest absolute Gasteiger partial charge is 0.338 e. The third kappa shape index (κ3) is 3.54. The quantitative estimate of drug-likeness (QED) is 0.450. The average Bonchev–Trinajstić information content (AvgIpc) is 2.60. The van der Waals surface area contributed by atoms with Gasteiger partial charge in [0.2, 0.25) is 6.29 Å². The summed E-state index contributed by atoms with van der Waals surface area (Å²) in [5.41, 5.74) is 1.93. The maximum absolute atomic E-state index is 12.2. The second kappa shape index (κ2) is 7.23. The first kappa shape index (κ1) is 16.8. The lowest BCUT2D eigenvalue weighted by atomic mass is 10.1. The Hall–Kier alpha value is -2.06. The monoisotopic (exact) mass is 438 g/mol. The molecule has 5 nitrogen and oxygen atoms in total. The first-order valence-electron chi connectivity index (χ1n) is 7.23. The lowest BCUT2D eigenvalue weighted by Gasteiger charge is -2.24. The van der Waals surface area contributed by atoms with Crippen molar-refractivity contribution in [2.45, 2.75) is 6.29 Å². The van der Waals surface area contributed by atoms with E-state index in [1.165, 1.54) is 7.11 Å². The van der Waals surface area contributed by atoms with Gasteiger partial charge in [-0.15, -0.1) is 0 Å². The van der Waals surface area contributed by atoms with Crippen LogP contribution in [-0.2, 0) is 14.3 Å². The summed E-state index contributed by atoms with van der Waals surface area (Å²) in [5.74, 6) is 0.00465. The highest BCUT2D eigenvalue weighted by molar-refractivity contribution is 14.1. The standard InChI is InChI=1S/C18H15IO5/c1-22-15-9-11(8-14(19)16(15)20)7-13-10-23-18(24-17(13)21)12-5-3-2-4-6-12/h2-9,18,20H,10H2,1H3/b13-7+. The van der Waals surface area contributed by atoms with E-state index in [9.17, 15) is 9.90 Å². The van der Waals surface area contributed by atoms with Crippen molar-refractivity contribution in [3.05, 3.63) is 62.7 Å². The number of carbonyl (C=O) groups excluding carboxylic acids is 1. The van der Waals surface area contributed by atoms with Gasteiger partial charge in [-0.25, -0.2) is 4.79 Å². The van der Waals surface area contributed by atoms with Crippen molar-refractivity contribution in [3.8, 4) is 11.5 Å². The van der Waals surface area contributed by atoms with Crippen LogP contribution >= 0.6 is 22.6 Å². The molecular weight excluding hydrogens is 423 g/mol. The molecule has 6 heteroatoms. The Labute approximate surface area is 153 Å². The molecular formula is C18H15IO5. The van der Waals surface area contributed by atoms with Crippen molar-refractivity contribution in [2.24, 2.45) is 0 Å². The zero-order valence-electron chi connectivity index (χ0n) is 12.9. The molecule has 3 rings (SSSR count). The second-order valence-corrected chi connectivity index (χ2v) is 6.34. The number of esters is 1. The summed E-state index contributed by atoms with van der Waals surface area (Å²) in [4.78, 5) is 12.2. The average molecular weight is 438 g/mol. The molecule has 0 spiro atoms. The Kier molecular flexibility index (Phi) is 5.06. The van der Waals surface area contributed by atoms with Gasteiger partial charge in [0.25, 0.3) is 0 Å². The van der Waals surface area contributed by atoms with Gasteiger partial charge in [-0.05, 0) is 46.4 Å². The number of hydrogen-bond donors (Lipinski definition) is 1. The number of aromatic hydroxyl groups is 1. The van der Waals surface area contributed by atoms with E-state index in [-0.39, 0.29) is 12.4 Å². The zero-order valence-corrected chi connectivity index (χ0v) is 15.0. The fraction of sp³-hybridized carbons (Fsp3) is 0.167. The molecule has 0 bridgehead atoms. The van der Waals surface area contributed by atoms with Crippen molar-refractivity contribution in [1.82, 2.24) is 0 Å². The molecule has 0 aliphatic carbocycles. The van der Waals surface area contributed by atoms with Crippen LogP contribution in [0.15, 0.2) is 48.0 Å². The highest BCUT2D eigenvalue weighted by atomic mass is 127. The Morgan fingerprint density at radius 1 is 1.29 bits per heavy atom. The van der Waals surface area contributed by atoms with Crippen molar-refractivity contribution >= 4 is 34.6 Å². The minimum atomic E-state index is -0.689. The molecule has 124 valence electrons. The normalized spacial score (nSPS) is 19.2. The van der Waals surface area contributed by atoms with E-state index in [1.807, 2.05) is 52.9 Å². The van der Waals surface area contributed by atoms with E-state index in [4.69, 9.17) is 14.2 Å². The highest BCUT2D eigenvalue weighted by Crippen LogP contribution is 2.34. The van der Waals surface area contributed by atoms with Gasteiger partial charge in [-0.3, -0.25) is 0 Å². The number of phenols is 1. The number of ether oxygens (including phenoxy) is 3. The van der Waals surface area contributed by atoms with Crippen LogP contribution in [0.2, 0.25) is 0 Å². The van der Waals surface area contributed by atoms with Crippen molar-refractivity contribution < 1.29 is 24.1 Å². The summed E-state index contributed by atoms with van der Waals surface area (Å²) in [7, 11) is 1.48. The first-order chi connectivity index (χ1) is 11.6. The molecule has 0 amide bonds. The predicted octanol–water partition coefficient (Wildman–Crippen LogP) is 3.66. The molecule has 1 heterocycles. The fourth-order valence-corrected chi connectivity index (χ4v) is 2.97. The van der Waals surface area contributed by atoms with Crippen molar-refractivity contribution in [1.29, 1.82) is 0 Å². The summed E-state index contributed by atoms with van der Waals surface area (Å²) in [6.07, 6.45) is 0.985. The molecule has 1 saturated heterocycles. The molecule has 1 atom stereocenters. The van der Waals surface area contributed by atoms with Gasteiger partial charge in [-0.1, -0.05) is 30.3 Å². The van der Waals surface area contributed by atoms with Gasteiger partial charge in [0, 0.05) is 5.56 Å². The van der Waals surface area contributed by atoms with Gasteiger partial charge >= 0.3 is 5.97 Å². The molecule has 1 fully saturated rings. The van der Waals surface area contributed by atoms with Gasteiger partial charge < -0.3 is 19.3 Å². The molecule has 0 saturated carbocycles. The number of benzene rings is 2. The third-order valence-electron chi connectivity index (χ3n) is 3.55. The number of rotatable bonds is 3. The van der Waals surface area contributed by atoms with Crippen LogP contribution in [0, 0.1) is 3.57 Å². The Balaban J connectivity index is 1.81. The van der Waals surface area contributed by atoms with Crippen LogP contribution in [0.25, 0.3) is 6.08 Å². The summed E-state index contributed by atoms with van der Waals surface area (Å²) in [6.45, 7) is 0.151. The molecule has 0 aromatic heterocycles. The Morgan fingerprint density at radius 2 is 2.04 bits per heavy atom. The van der Waals surface area contributed by atoms with Crippen molar-refractivity contribution in [2.75, 3.05) is 13.7 Å². The lowest BCUT2D eigenvalue weighted by molar-refractivity contribution is -0.187. The highest BCUT2D eigenvalue weighted by Gasteiger charge is 2.26. The number of carbonyl (C=O) groups is 1. The van der Waals surface area contributed by atoms with Gasteiger partial charge in [-0.2, -0.15) is 0 Å². The largest absolute Gasteiger partial charge is 0.504 e. The van der Waals surface area contributed by atoms with E-state index in [0.29, 0.717) is 14.9 Å². The summed E-state index contributed by atoms with van der Waals surface area (Å²) >= 11 is 2.00. The summed E-state index contributed by atoms with van der Waals surface area (Å²) in [6, 6.07) is 12.7. The molecule has 2 aromatic rings. The van der Waals surface area contributed by atoms with Crippen LogP contribution < -0.4 is 4.74 Å². The topological polar surface area (TPSA) is 65.0 Å². The number of cyclic esters (lactones) is 1. The number of halogens is 1. The van der Waals surface area contributed by atoms with Crippen LogP contribution in [0.5, 0.6) is 11.5 Å². The minimum absolute atomic E-state index is 0.0758. The molecule has 1 unspecified atom stereocenters. The van der Waals surface area contributed by atoms with Gasteiger partial charge in [0.15, 0.2) is 11.5 Å². The van der Waals surface area contributed by atoms with E-state index in [1.54, 1.807) is 18.2 Å². The lowest BCUT2D eigenvalue weighted by Crippen LogP contribution is -2.25. The molecule has 0 radical (unpaired) electrons. The molecule has 1 aliphatic rings. The van der Waals surface area contributed by atoms with E-state index in [2.05, 4.69) is 0 Å². The Bertz CT molecular complexity index is 785. The minimum Gasteiger partial charge on any atom is -0.504 e. The van der Waals surface area contributed by atoms with Crippen LogP contribution in [0.4, 0.5) is 0 Å². The van der Waals surface area contributed by atoms with Crippen LogP contribution in [0.1, 0.15) is 17.4 Å². The molecule has 1 aliphatic heterocycles. The molecule has 1 N–H and O–H groups in total. The van der Waals surface area contributed by atoms with Crippen molar-refractivity contribution in [3.63, 3.8) is 0 Å². The van der Waals surface area contributed by atoms with E-state index in [0.717, 1.165) is 11.1 Å². The number of methoxy groups -OCH3 is 1. The van der Waals surface area contributed by atoms with E-state index >= 15 is 0 Å². The van der Waals surface area contributed by atoms with Crippen LogP contribution in [-0.4, -0.2) is 24.8 Å². The first-order valence-corrected chi connectivity index (χ1v) is 8.31. The summed E-state index contributed by atoms with van der Waals surface area (Å²) < 4.78 is 16.7. The van der Waals surface area contributed by atoms with Gasteiger partial charge in [0.05, 0.1) is 22.9 Å². The maximum Gasteiger partial charge on any atom is 0.338 e.